The van der Waals surface area contributed by atoms with Gasteiger partial charge in [-0.1, -0.05) is 44.2 Å². The lowest BCUT2D eigenvalue weighted by Crippen LogP contribution is -2.39. The lowest BCUT2D eigenvalue weighted by atomic mass is 9.97. The first-order valence-electron chi connectivity index (χ1n) is 9.19. The summed E-state index contributed by atoms with van der Waals surface area (Å²) in [5, 5.41) is 3.11. The Labute approximate surface area is 157 Å². The van der Waals surface area contributed by atoms with Crippen molar-refractivity contribution in [3.63, 3.8) is 0 Å². The van der Waals surface area contributed by atoms with Gasteiger partial charge >= 0.3 is 0 Å². The predicted octanol–water partition coefficient (Wildman–Crippen LogP) is 4.67. The molecule has 1 amide bonds. The summed E-state index contributed by atoms with van der Waals surface area (Å²) in [5.41, 5.74) is 3.21. The summed E-state index contributed by atoms with van der Waals surface area (Å²) < 4.78 is 5.27. The summed E-state index contributed by atoms with van der Waals surface area (Å²) in [4.78, 5) is 14.8. The van der Waals surface area contributed by atoms with E-state index in [4.69, 9.17) is 4.74 Å². The van der Waals surface area contributed by atoms with Crippen molar-refractivity contribution in [1.82, 2.24) is 4.90 Å². The van der Waals surface area contributed by atoms with Crippen molar-refractivity contribution >= 4 is 11.6 Å². The van der Waals surface area contributed by atoms with Crippen LogP contribution < -0.4 is 10.1 Å². The molecule has 0 aliphatic heterocycles. The van der Waals surface area contributed by atoms with E-state index in [-0.39, 0.29) is 11.9 Å². The summed E-state index contributed by atoms with van der Waals surface area (Å²) >= 11 is 0. The maximum atomic E-state index is 12.8. The number of likely N-dealkylation sites (N-methyl/N-ethyl adjacent to an activating group) is 1. The molecule has 140 valence electrons. The minimum atomic E-state index is -0.244. The van der Waals surface area contributed by atoms with Crippen LogP contribution in [0.3, 0.4) is 0 Å². The first-order chi connectivity index (χ1) is 12.5. The second-order valence-electron chi connectivity index (χ2n) is 6.83. The Balaban J connectivity index is 2.05. The Morgan fingerprint density at radius 2 is 1.88 bits per heavy atom. The standard InChI is InChI=1S/C22H30N2O2/c1-6-16(2)20-12-7-8-13-21(20)23-22(25)17(3)24(4)15-18-10-9-11-19(14-18)26-5/h7-14,16-17H,6,15H2,1-5H3,(H,23,25)/t16-,17-/m0/s1. The van der Waals surface area contributed by atoms with Crippen molar-refractivity contribution in [3.8, 4) is 5.75 Å². The molecule has 0 fully saturated rings. The SMILES string of the molecule is CC[C@H](C)c1ccccc1NC(=O)[C@H](C)N(C)Cc1cccc(OC)c1. The highest BCUT2D eigenvalue weighted by atomic mass is 16.5. The van der Waals surface area contributed by atoms with Crippen LogP contribution in [0.1, 0.15) is 44.2 Å². The van der Waals surface area contributed by atoms with Crippen LogP contribution in [-0.2, 0) is 11.3 Å². The van der Waals surface area contributed by atoms with Crippen LogP contribution in [0.15, 0.2) is 48.5 Å². The normalized spacial score (nSPS) is 13.3. The van der Waals surface area contributed by atoms with Gasteiger partial charge < -0.3 is 10.1 Å². The Bertz CT molecular complexity index is 730. The Kier molecular flexibility index (Phi) is 7.22. The van der Waals surface area contributed by atoms with Crippen molar-refractivity contribution in [2.24, 2.45) is 0 Å². The third-order valence-corrected chi connectivity index (χ3v) is 4.97. The van der Waals surface area contributed by atoms with Crippen LogP contribution in [0.25, 0.3) is 0 Å². The molecule has 0 radical (unpaired) electrons. The number of ether oxygens (including phenoxy) is 1. The highest BCUT2D eigenvalue weighted by Crippen LogP contribution is 2.26. The second-order valence-corrected chi connectivity index (χ2v) is 6.83. The fraction of sp³-hybridized carbons (Fsp3) is 0.409. The number of nitrogens with zero attached hydrogens (tertiary/aromatic N) is 1. The van der Waals surface area contributed by atoms with Gasteiger partial charge in [0.25, 0.3) is 0 Å². The van der Waals surface area contributed by atoms with Crippen molar-refractivity contribution in [2.45, 2.75) is 45.7 Å². The van der Waals surface area contributed by atoms with Gasteiger partial charge in [0, 0.05) is 12.2 Å². The van der Waals surface area contributed by atoms with Crippen molar-refractivity contribution in [3.05, 3.63) is 59.7 Å². The minimum Gasteiger partial charge on any atom is -0.497 e. The van der Waals surface area contributed by atoms with Crippen LogP contribution in [-0.4, -0.2) is 31.0 Å². The van der Waals surface area contributed by atoms with E-state index in [0.29, 0.717) is 12.5 Å². The van der Waals surface area contributed by atoms with E-state index >= 15 is 0 Å². The smallest absolute Gasteiger partial charge is 0.241 e. The van der Waals surface area contributed by atoms with Gasteiger partial charge in [-0.25, -0.2) is 0 Å². The summed E-state index contributed by atoms with van der Waals surface area (Å²) in [6, 6.07) is 15.7. The summed E-state index contributed by atoms with van der Waals surface area (Å²) in [6.45, 7) is 6.96. The van der Waals surface area contributed by atoms with E-state index < -0.39 is 0 Å². The third kappa shape index (κ3) is 5.09. The molecule has 2 aromatic rings. The van der Waals surface area contributed by atoms with E-state index in [9.17, 15) is 4.79 Å². The van der Waals surface area contributed by atoms with Gasteiger partial charge in [0.15, 0.2) is 0 Å². The number of benzene rings is 2. The number of amides is 1. The molecule has 0 heterocycles. The molecule has 2 rings (SSSR count). The number of rotatable bonds is 8. The maximum absolute atomic E-state index is 12.8. The number of hydrogen-bond acceptors (Lipinski definition) is 3. The zero-order valence-corrected chi connectivity index (χ0v) is 16.5. The Morgan fingerprint density at radius 1 is 1.15 bits per heavy atom. The number of anilines is 1. The molecule has 0 spiro atoms. The molecule has 4 nitrogen and oxygen atoms in total. The van der Waals surface area contributed by atoms with Gasteiger partial charge in [-0.2, -0.15) is 0 Å². The van der Waals surface area contributed by atoms with E-state index in [1.54, 1.807) is 7.11 Å². The Morgan fingerprint density at radius 3 is 2.58 bits per heavy atom. The predicted molar refractivity (Wildman–Crippen MR) is 108 cm³/mol. The van der Waals surface area contributed by atoms with E-state index in [1.165, 1.54) is 5.56 Å². The summed E-state index contributed by atoms with van der Waals surface area (Å²) in [5.74, 6) is 1.25. The van der Waals surface area contributed by atoms with E-state index in [0.717, 1.165) is 23.4 Å². The number of methoxy groups -OCH3 is 1. The fourth-order valence-electron chi connectivity index (χ4n) is 2.89. The van der Waals surface area contributed by atoms with Crippen LogP contribution in [0.4, 0.5) is 5.69 Å². The summed E-state index contributed by atoms with van der Waals surface area (Å²) in [7, 11) is 3.62. The summed E-state index contributed by atoms with van der Waals surface area (Å²) in [6.07, 6.45) is 1.04. The fourth-order valence-corrected chi connectivity index (χ4v) is 2.89. The number of para-hydroxylation sites is 1. The molecule has 0 unspecified atom stereocenters. The largest absolute Gasteiger partial charge is 0.497 e. The average molecular weight is 354 g/mol. The van der Waals surface area contributed by atoms with Gasteiger partial charge in [-0.3, -0.25) is 9.69 Å². The highest BCUT2D eigenvalue weighted by molar-refractivity contribution is 5.95. The van der Waals surface area contributed by atoms with Crippen LogP contribution in [0.2, 0.25) is 0 Å². The van der Waals surface area contributed by atoms with E-state index in [1.807, 2.05) is 61.3 Å². The number of nitrogens with one attached hydrogen (secondary N) is 1. The highest BCUT2D eigenvalue weighted by Gasteiger charge is 2.20. The number of carbonyl (C=O) groups is 1. The molecule has 0 aliphatic rings. The third-order valence-electron chi connectivity index (χ3n) is 4.97. The van der Waals surface area contributed by atoms with Gasteiger partial charge in [0.05, 0.1) is 13.2 Å². The molecule has 0 bridgehead atoms. The molecule has 4 heteroatoms. The van der Waals surface area contributed by atoms with Crippen LogP contribution >= 0.6 is 0 Å². The molecule has 0 aliphatic carbocycles. The van der Waals surface area contributed by atoms with E-state index in [2.05, 4.69) is 25.2 Å². The zero-order valence-electron chi connectivity index (χ0n) is 16.5. The first-order valence-corrected chi connectivity index (χ1v) is 9.19. The van der Waals surface area contributed by atoms with Gasteiger partial charge in [0.1, 0.15) is 5.75 Å². The van der Waals surface area contributed by atoms with Crippen LogP contribution in [0.5, 0.6) is 5.75 Å². The molecule has 0 aromatic heterocycles. The van der Waals surface area contributed by atoms with Gasteiger partial charge in [-0.15, -0.1) is 0 Å². The van der Waals surface area contributed by atoms with Crippen molar-refractivity contribution < 1.29 is 9.53 Å². The van der Waals surface area contributed by atoms with Gasteiger partial charge in [-0.05, 0) is 55.6 Å². The monoisotopic (exact) mass is 354 g/mol. The maximum Gasteiger partial charge on any atom is 0.241 e. The van der Waals surface area contributed by atoms with Gasteiger partial charge in [0.2, 0.25) is 5.91 Å². The Hall–Kier alpha value is -2.33. The van der Waals surface area contributed by atoms with Crippen molar-refractivity contribution in [2.75, 3.05) is 19.5 Å². The van der Waals surface area contributed by atoms with Crippen LogP contribution in [0, 0.1) is 0 Å². The quantitative estimate of drug-likeness (QED) is 0.749. The molecule has 2 aromatic carbocycles. The molecular formula is C22H30N2O2. The molecule has 26 heavy (non-hydrogen) atoms. The lowest BCUT2D eigenvalue weighted by molar-refractivity contribution is -0.120. The lowest BCUT2D eigenvalue weighted by Gasteiger charge is -2.25. The molecule has 0 saturated heterocycles. The topological polar surface area (TPSA) is 41.6 Å². The first kappa shape index (κ1) is 20.0. The molecule has 0 saturated carbocycles. The molecular weight excluding hydrogens is 324 g/mol. The average Bonchev–Trinajstić information content (AvgIpc) is 2.67. The zero-order chi connectivity index (χ0) is 19.1. The minimum absolute atomic E-state index is 0.00569. The number of carbonyl (C=O) groups excluding carboxylic acids is 1. The second kappa shape index (κ2) is 9.39. The van der Waals surface area contributed by atoms with Crippen molar-refractivity contribution in [1.29, 1.82) is 0 Å². The molecule has 2 atom stereocenters. The molecule has 1 N–H and O–H groups in total. The number of hydrogen-bond donors (Lipinski definition) is 1.